The molecule has 1 heterocycles. The Morgan fingerprint density at radius 2 is 2.00 bits per heavy atom. The van der Waals surface area contributed by atoms with E-state index in [0.29, 0.717) is 13.1 Å². The zero-order chi connectivity index (χ0) is 13.5. The number of pyridine rings is 1. The standard InChI is InChI=1S/C15H17N3O/c1-18(12-13-6-5-9-16-10-13)15(19)11-17-14-7-3-2-4-8-14/h2-10,17H,11-12H2,1H3. The number of carbonyl (C=O) groups excluding carboxylic acids is 1. The Labute approximate surface area is 113 Å². The van der Waals surface area contributed by atoms with E-state index in [4.69, 9.17) is 0 Å². The van der Waals surface area contributed by atoms with Crippen molar-refractivity contribution < 1.29 is 4.79 Å². The Kier molecular flexibility index (Phi) is 4.50. The van der Waals surface area contributed by atoms with E-state index >= 15 is 0 Å². The average molecular weight is 255 g/mol. The summed E-state index contributed by atoms with van der Waals surface area (Å²) in [5.41, 5.74) is 1.98. The van der Waals surface area contributed by atoms with Crippen LogP contribution >= 0.6 is 0 Å². The molecule has 0 radical (unpaired) electrons. The molecule has 4 nitrogen and oxygen atoms in total. The maximum absolute atomic E-state index is 12.0. The molecule has 0 spiro atoms. The number of hydrogen-bond donors (Lipinski definition) is 1. The SMILES string of the molecule is CN(Cc1cccnc1)C(=O)CNc1ccccc1. The molecule has 1 aromatic carbocycles. The maximum atomic E-state index is 12.0. The van der Waals surface area contributed by atoms with Gasteiger partial charge in [-0.05, 0) is 23.8 Å². The van der Waals surface area contributed by atoms with Crippen molar-refractivity contribution in [2.45, 2.75) is 6.54 Å². The molecule has 98 valence electrons. The molecule has 0 saturated heterocycles. The molecule has 1 amide bonds. The number of nitrogens with zero attached hydrogens (tertiary/aromatic N) is 2. The molecule has 0 unspecified atom stereocenters. The molecule has 0 atom stereocenters. The summed E-state index contributed by atoms with van der Waals surface area (Å²) >= 11 is 0. The Bertz CT molecular complexity index is 513. The minimum absolute atomic E-state index is 0.0488. The molecule has 1 N–H and O–H groups in total. The summed E-state index contributed by atoms with van der Waals surface area (Å²) < 4.78 is 0. The van der Waals surface area contributed by atoms with Crippen LogP contribution in [0, 0.1) is 0 Å². The van der Waals surface area contributed by atoms with Crippen molar-refractivity contribution in [3.8, 4) is 0 Å². The second kappa shape index (κ2) is 6.54. The Hall–Kier alpha value is -2.36. The van der Waals surface area contributed by atoms with Crippen molar-refractivity contribution in [3.05, 3.63) is 60.4 Å². The number of aromatic nitrogens is 1. The van der Waals surface area contributed by atoms with Crippen LogP contribution in [0.25, 0.3) is 0 Å². The number of benzene rings is 1. The molecule has 0 bridgehead atoms. The highest BCUT2D eigenvalue weighted by Crippen LogP contribution is 2.05. The number of likely N-dealkylation sites (N-methyl/N-ethyl adjacent to an activating group) is 1. The molecule has 19 heavy (non-hydrogen) atoms. The van der Waals surface area contributed by atoms with E-state index in [1.54, 1.807) is 24.3 Å². The van der Waals surface area contributed by atoms with E-state index in [9.17, 15) is 4.79 Å². The van der Waals surface area contributed by atoms with Gasteiger partial charge in [0.15, 0.2) is 0 Å². The van der Waals surface area contributed by atoms with Crippen molar-refractivity contribution in [1.82, 2.24) is 9.88 Å². The number of para-hydroxylation sites is 1. The quantitative estimate of drug-likeness (QED) is 0.890. The molecule has 4 heteroatoms. The minimum atomic E-state index is 0.0488. The Morgan fingerprint density at radius 3 is 2.68 bits per heavy atom. The Morgan fingerprint density at radius 1 is 1.21 bits per heavy atom. The summed E-state index contributed by atoms with van der Waals surface area (Å²) in [6.45, 7) is 0.865. The van der Waals surface area contributed by atoms with Gasteiger partial charge in [0.1, 0.15) is 0 Å². The van der Waals surface area contributed by atoms with Crippen LogP contribution in [0.1, 0.15) is 5.56 Å². The second-order valence-electron chi connectivity index (χ2n) is 4.33. The van der Waals surface area contributed by atoms with Crippen molar-refractivity contribution in [2.75, 3.05) is 18.9 Å². The fourth-order valence-electron chi connectivity index (χ4n) is 1.72. The van der Waals surface area contributed by atoms with Gasteiger partial charge in [-0.1, -0.05) is 24.3 Å². The van der Waals surface area contributed by atoms with E-state index < -0.39 is 0 Å². The van der Waals surface area contributed by atoms with E-state index in [0.717, 1.165) is 11.3 Å². The first kappa shape index (κ1) is 13.1. The van der Waals surface area contributed by atoms with Gasteiger partial charge in [0.05, 0.1) is 6.54 Å². The smallest absolute Gasteiger partial charge is 0.241 e. The summed E-state index contributed by atoms with van der Waals surface area (Å²) in [5, 5.41) is 3.10. The van der Waals surface area contributed by atoms with Gasteiger partial charge in [-0.25, -0.2) is 0 Å². The number of anilines is 1. The summed E-state index contributed by atoms with van der Waals surface area (Å²) in [5.74, 6) is 0.0488. The summed E-state index contributed by atoms with van der Waals surface area (Å²) in [7, 11) is 1.79. The zero-order valence-electron chi connectivity index (χ0n) is 10.9. The van der Waals surface area contributed by atoms with Crippen LogP contribution in [0.15, 0.2) is 54.9 Å². The number of amides is 1. The van der Waals surface area contributed by atoms with Gasteiger partial charge in [0, 0.05) is 31.7 Å². The van der Waals surface area contributed by atoms with Crippen molar-refractivity contribution >= 4 is 11.6 Å². The normalized spacial score (nSPS) is 9.95. The summed E-state index contributed by atoms with van der Waals surface area (Å²) in [6.07, 6.45) is 3.50. The second-order valence-corrected chi connectivity index (χ2v) is 4.33. The van der Waals surface area contributed by atoms with Crippen LogP contribution in [0.2, 0.25) is 0 Å². The third-order valence-corrected chi connectivity index (χ3v) is 2.79. The predicted molar refractivity (Wildman–Crippen MR) is 75.6 cm³/mol. The predicted octanol–water partition coefficient (Wildman–Crippen LogP) is 2.15. The number of carbonyl (C=O) groups is 1. The maximum Gasteiger partial charge on any atom is 0.241 e. The third kappa shape index (κ3) is 4.10. The molecular weight excluding hydrogens is 238 g/mol. The highest BCUT2D eigenvalue weighted by Gasteiger charge is 2.08. The van der Waals surface area contributed by atoms with E-state index in [1.165, 1.54) is 0 Å². The highest BCUT2D eigenvalue weighted by atomic mass is 16.2. The highest BCUT2D eigenvalue weighted by molar-refractivity contribution is 5.80. The van der Waals surface area contributed by atoms with E-state index in [1.807, 2.05) is 42.5 Å². The number of nitrogens with one attached hydrogen (secondary N) is 1. The fourth-order valence-corrected chi connectivity index (χ4v) is 1.72. The number of hydrogen-bond acceptors (Lipinski definition) is 3. The third-order valence-electron chi connectivity index (χ3n) is 2.79. The lowest BCUT2D eigenvalue weighted by molar-refractivity contribution is -0.128. The van der Waals surface area contributed by atoms with Gasteiger partial charge < -0.3 is 10.2 Å². The lowest BCUT2D eigenvalue weighted by atomic mass is 10.2. The van der Waals surface area contributed by atoms with E-state index in [-0.39, 0.29) is 5.91 Å². The van der Waals surface area contributed by atoms with Crippen LogP contribution in [-0.4, -0.2) is 29.4 Å². The topological polar surface area (TPSA) is 45.2 Å². The first-order valence-electron chi connectivity index (χ1n) is 6.17. The molecule has 0 saturated carbocycles. The van der Waals surface area contributed by atoms with Gasteiger partial charge in [-0.2, -0.15) is 0 Å². The average Bonchev–Trinajstić information content (AvgIpc) is 2.47. The molecule has 0 aliphatic carbocycles. The van der Waals surface area contributed by atoms with Crippen molar-refractivity contribution in [1.29, 1.82) is 0 Å². The minimum Gasteiger partial charge on any atom is -0.376 e. The molecular formula is C15H17N3O. The van der Waals surface area contributed by atoms with Crippen LogP contribution in [0.4, 0.5) is 5.69 Å². The van der Waals surface area contributed by atoms with Crippen molar-refractivity contribution in [3.63, 3.8) is 0 Å². The first-order valence-corrected chi connectivity index (χ1v) is 6.17. The zero-order valence-corrected chi connectivity index (χ0v) is 10.9. The van der Waals surface area contributed by atoms with Gasteiger partial charge in [-0.15, -0.1) is 0 Å². The molecule has 1 aromatic heterocycles. The van der Waals surface area contributed by atoms with Gasteiger partial charge in [-0.3, -0.25) is 9.78 Å². The van der Waals surface area contributed by atoms with Gasteiger partial charge in [0.25, 0.3) is 0 Å². The molecule has 2 aromatic rings. The van der Waals surface area contributed by atoms with Gasteiger partial charge in [0.2, 0.25) is 5.91 Å². The van der Waals surface area contributed by atoms with E-state index in [2.05, 4.69) is 10.3 Å². The monoisotopic (exact) mass is 255 g/mol. The summed E-state index contributed by atoms with van der Waals surface area (Å²) in [4.78, 5) is 17.7. The fraction of sp³-hybridized carbons (Fsp3) is 0.200. The Balaban J connectivity index is 1.83. The number of rotatable bonds is 5. The molecule has 2 rings (SSSR count). The molecule has 0 aliphatic rings. The first-order chi connectivity index (χ1) is 9.25. The van der Waals surface area contributed by atoms with Crippen molar-refractivity contribution in [2.24, 2.45) is 0 Å². The van der Waals surface area contributed by atoms with Gasteiger partial charge >= 0.3 is 0 Å². The van der Waals surface area contributed by atoms with Crippen LogP contribution in [0.3, 0.4) is 0 Å². The largest absolute Gasteiger partial charge is 0.376 e. The summed E-state index contributed by atoms with van der Waals surface area (Å²) in [6, 6.07) is 13.5. The van der Waals surface area contributed by atoms with Crippen LogP contribution in [0.5, 0.6) is 0 Å². The van der Waals surface area contributed by atoms with Crippen LogP contribution < -0.4 is 5.32 Å². The lowest BCUT2D eigenvalue weighted by Gasteiger charge is -2.17. The van der Waals surface area contributed by atoms with Crippen LogP contribution in [-0.2, 0) is 11.3 Å². The molecule has 0 aliphatic heterocycles. The molecule has 0 fully saturated rings. The lowest BCUT2D eigenvalue weighted by Crippen LogP contribution is -2.31.